The molecule has 0 aromatic heterocycles. The van der Waals surface area contributed by atoms with Crippen molar-refractivity contribution in [1.29, 1.82) is 0 Å². The summed E-state index contributed by atoms with van der Waals surface area (Å²) in [6.07, 6.45) is 0. The highest BCUT2D eigenvalue weighted by molar-refractivity contribution is 7.34. The van der Waals surface area contributed by atoms with Gasteiger partial charge in [-0.2, -0.15) is 0 Å². The van der Waals surface area contributed by atoms with E-state index in [-0.39, 0.29) is 6.79 Å². The molecule has 1 aliphatic heterocycles. The lowest BCUT2D eigenvalue weighted by Crippen LogP contribution is -1.93. The van der Waals surface area contributed by atoms with E-state index in [2.05, 4.69) is 0 Å². The Morgan fingerprint density at radius 2 is 2.09 bits per heavy atom. The van der Waals surface area contributed by atoms with Crippen molar-refractivity contribution in [3.8, 4) is 11.5 Å². The largest absolute Gasteiger partial charge is 0.454 e. The van der Waals surface area contributed by atoms with Gasteiger partial charge in [0.25, 0.3) is 0 Å². The molecule has 0 amide bonds. The Morgan fingerprint density at radius 1 is 1.27 bits per heavy atom. The van der Waals surface area contributed by atoms with Gasteiger partial charge in [0.2, 0.25) is 6.79 Å². The van der Waals surface area contributed by atoms with E-state index in [1.54, 1.807) is 18.2 Å². The topological polar surface area (TPSA) is 35.5 Å². The summed E-state index contributed by atoms with van der Waals surface area (Å²) in [5.74, 6) is 1.41. The average Bonchev–Trinajstić information content (AvgIpc) is 2.50. The zero-order valence-corrected chi connectivity index (χ0v) is 6.66. The number of rotatable bonds is 1. The molecule has 0 spiro atoms. The summed E-state index contributed by atoms with van der Waals surface area (Å²) in [5, 5.41) is 0.759. The molecule has 0 saturated carbocycles. The van der Waals surface area contributed by atoms with E-state index < -0.39 is 8.46 Å². The molecule has 0 fully saturated rings. The van der Waals surface area contributed by atoms with Crippen molar-refractivity contribution in [2.24, 2.45) is 0 Å². The third-order valence-electron chi connectivity index (χ3n) is 1.49. The summed E-state index contributed by atoms with van der Waals surface area (Å²) in [5.41, 5.74) is 0. The summed E-state index contributed by atoms with van der Waals surface area (Å²) >= 11 is 0. The van der Waals surface area contributed by atoms with Gasteiger partial charge in [0.1, 0.15) is 0 Å². The second-order valence-corrected chi connectivity index (χ2v) is 2.95. The Bertz CT molecular complexity index is 298. The van der Waals surface area contributed by atoms with Crippen molar-refractivity contribution in [2.45, 2.75) is 0 Å². The lowest BCUT2D eigenvalue weighted by Gasteiger charge is -1.90. The average molecular weight is 169 g/mol. The number of benzene rings is 1. The van der Waals surface area contributed by atoms with E-state index in [1.807, 2.05) is 0 Å². The van der Waals surface area contributed by atoms with Crippen LogP contribution in [0.3, 0.4) is 0 Å². The first-order chi connectivity index (χ1) is 5.40. The van der Waals surface area contributed by atoms with Crippen molar-refractivity contribution in [3.05, 3.63) is 18.2 Å². The Kier molecular flexibility index (Phi) is 1.51. The van der Waals surface area contributed by atoms with Gasteiger partial charge in [-0.3, -0.25) is 0 Å². The van der Waals surface area contributed by atoms with Crippen molar-refractivity contribution in [1.82, 2.24) is 0 Å². The van der Waals surface area contributed by atoms with Crippen LogP contribution in [0.2, 0.25) is 0 Å². The van der Waals surface area contributed by atoms with Gasteiger partial charge in [0.05, 0.1) is 0 Å². The summed E-state index contributed by atoms with van der Waals surface area (Å²) in [4.78, 5) is 0. The molecule has 2 rings (SSSR count). The van der Waals surface area contributed by atoms with Crippen LogP contribution in [0.25, 0.3) is 0 Å². The van der Waals surface area contributed by atoms with Gasteiger partial charge in [0.15, 0.2) is 16.8 Å². The van der Waals surface area contributed by atoms with E-state index in [0.717, 1.165) is 11.1 Å². The first-order valence-corrected chi connectivity index (χ1v) is 4.09. The highest BCUT2D eigenvalue weighted by atomic mass is 31.1. The predicted octanol–water partition coefficient (Wildman–Crippen LogP) is 1.06. The Balaban J connectivity index is 2.48. The zero-order chi connectivity index (χ0) is 7.68. The molecule has 1 atom stereocenters. The third-order valence-corrected chi connectivity index (χ3v) is 2.04. The predicted molar refractivity (Wildman–Crippen MR) is 41.2 cm³/mol. The van der Waals surface area contributed by atoms with Crippen molar-refractivity contribution < 1.29 is 14.0 Å². The van der Waals surface area contributed by atoms with Gasteiger partial charge in [-0.15, -0.1) is 0 Å². The maximum absolute atomic E-state index is 10.5. The van der Waals surface area contributed by atoms with Crippen LogP contribution in [0, 0.1) is 0 Å². The fraction of sp³-hybridized carbons (Fsp3) is 0.143. The molecule has 0 bridgehead atoms. The molecule has 11 heavy (non-hydrogen) atoms. The number of fused-ring (bicyclic) bond motifs is 1. The second-order valence-electron chi connectivity index (χ2n) is 2.17. The van der Waals surface area contributed by atoms with Crippen molar-refractivity contribution in [3.63, 3.8) is 0 Å². The van der Waals surface area contributed by atoms with Crippen LogP contribution >= 0.6 is 8.46 Å². The summed E-state index contributed by atoms with van der Waals surface area (Å²) in [7, 11) is -0.432. The molecule has 0 saturated heterocycles. The summed E-state index contributed by atoms with van der Waals surface area (Å²) in [6, 6.07) is 5.26. The molecule has 3 nitrogen and oxygen atoms in total. The summed E-state index contributed by atoms with van der Waals surface area (Å²) in [6.45, 7) is 0.265. The third kappa shape index (κ3) is 1.08. The standard InChI is InChI=1S/C7H5O3P/c8-11-5-1-2-6-7(3-5)10-4-9-6/h1-3H,4H2/p+1. The van der Waals surface area contributed by atoms with E-state index in [0.29, 0.717) is 5.75 Å². The Hall–Kier alpha value is -1.08. The quantitative estimate of drug-likeness (QED) is 0.589. The van der Waals surface area contributed by atoms with E-state index in [4.69, 9.17) is 9.47 Å². The maximum atomic E-state index is 10.5. The van der Waals surface area contributed by atoms with Gasteiger partial charge in [0, 0.05) is 6.07 Å². The zero-order valence-electron chi connectivity index (χ0n) is 5.66. The van der Waals surface area contributed by atoms with E-state index in [1.165, 1.54) is 0 Å². The molecule has 1 aromatic carbocycles. The lowest BCUT2D eigenvalue weighted by atomic mass is 10.3. The van der Waals surface area contributed by atoms with Crippen molar-refractivity contribution in [2.75, 3.05) is 6.79 Å². The van der Waals surface area contributed by atoms with Crippen LogP contribution in [0.4, 0.5) is 0 Å². The van der Waals surface area contributed by atoms with Crippen molar-refractivity contribution >= 4 is 13.8 Å². The molecule has 56 valence electrons. The molecule has 0 aliphatic carbocycles. The molecule has 1 unspecified atom stereocenters. The minimum absolute atomic E-state index is 0.265. The number of hydrogen-bond acceptors (Lipinski definition) is 3. The van der Waals surface area contributed by atoms with Crippen LogP contribution < -0.4 is 14.8 Å². The molecule has 1 aromatic rings. The van der Waals surface area contributed by atoms with E-state index in [9.17, 15) is 4.57 Å². The van der Waals surface area contributed by atoms with Crippen LogP contribution in [-0.4, -0.2) is 6.79 Å². The lowest BCUT2D eigenvalue weighted by molar-refractivity contribution is 0.174. The Morgan fingerprint density at radius 3 is 2.91 bits per heavy atom. The molecule has 1 heterocycles. The van der Waals surface area contributed by atoms with Crippen LogP contribution in [0.15, 0.2) is 18.2 Å². The molecule has 1 aliphatic rings. The van der Waals surface area contributed by atoms with Gasteiger partial charge in [-0.05, 0) is 12.1 Å². The molecule has 4 heteroatoms. The van der Waals surface area contributed by atoms with Crippen LogP contribution in [0.1, 0.15) is 0 Å². The smallest absolute Gasteiger partial charge is 0.363 e. The fourth-order valence-corrected chi connectivity index (χ4v) is 1.30. The van der Waals surface area contributed by atoms with E-state index >= 15 is 0 Å². The fourth-order valence-electron chi connectivity index (χ4n) is 0.960. The normalized spacial score (nSPS) is 13.8. The van der Waals surface area contributed by atoms with Gasteiger partial charge in [-0.1, -0.05) is 4.57 Å². The molecular weight excluding hydrogens is 163 g/mol. The van der Waals surface area contributed by atoms with Gasteiger partial charge in [-0.25, -0.2) is 0 Å². The first kappa shape index (κ1) is 6.62. The minimum Gasteiger partial charge on any atom is -0.454 e. The number of hydrogen-bond donors (Lipinski definition) is 0. The van der Waals surface area contributed by atoms with Crippen LogP contribution in [-0.2, 0) is 4.57 Å². The SMILES string of the molecule is O=[PH+]c1ccc2c(c1)OCO2. The maximum Gasteiger partial charge on any atom is 0.363 e. The molecule has 0 N–H and O–H groups in total. The molecular formula is C7H6O3P+. The van der Waals surface area contributed by atoms with Gasteiger partial charge >= 0.3 is 8.46 Å². The van der Waals surface area contributed by atoms with Gasteiger partial charge < -0.3 is 9.47 Å². The first-order valence-electron chi connectivity index (χ1n) is 3.18. The summed E-state index contributed by atoms with van der Waals surface area (Å²) < 4.78 is 20.6. The number of ether oxygens (including phenoxy) is 2. The second kappa shape index (κ2) is 2.51. The highest BCUT2D eigenvalue weighted by Gasteiger charge is 2.15. The Labute approximate surface area is 65.1 Å². The molecule has 0 radical (unpaired) electrons. The monoisotopic (exact) mass is 169 g/mol. The minimum atomic E-state index is -0.432. The highest BCUT2D eigenvalue weighted by Crippen LogP contribution is 2.30. The van der Waals surface area contributed by atoms with Crippen LogP contribution in [0.5, 0.6) is 11.5 Å².